The number of nitrogens with zero attached hydrogens (tertiary/aromatic N) is 6. The molecule has 3 amide bonds. The molecule has 0 bridgehead atoms. The van der Waals surface area contributed by atoms with E-state index in [2.05, 4.69) is 16.4 Å². The number of hydrazone groups is 1. The monoisotopic (exact) mass is 662 g/mol. The molecule has 3 heterocycles. The summed E-state index contributed by atoms with van der Waals surface area (Å²) >= 11 is 0. The topological polar surface area (TPSA) is 126 Å². The molecule has 1 saturated heterocycles. The Balaban J connectivity index is 1.18. The van der Waals surface area contributed by atoms with Crippen LogP contribution in [-0.2, 0) is 14.4 Å². The highest BCUT2D eigenvalue weighted by molar-refractivity contribution is 6.26. The molecule has 12 nitrogen and oxygen atoms in total. The molecule has 0 spiro atoms. The lowest BCUT2D eigenvalue weighted by Crippen LogP contribution is -2.45. The molecule has 0 aromatic heterocycles. The van der Waals surface area contributed by atoms with Gasteiger partial charge in [0.15, 0.2) is 12.1 Å². The van der Waals surface area contributed by atoms with Crippen molar-refractivity contribution < 1.29 is 28.6 Å². The van der Waals surface area contributed by atoms with E-state index in [9.17, 15) is 14.4 Å². The highest BCUT2D eigenvalue weighted by atomic mass is 16.5. The van der Waals surface area contributed by atoms with Gasteiger partial charge in [0, 0.05) is 5.92 Å². The van der Waals surface area contributed by atoms with Crippen LogP contribution in [0.5, 0.6) is 17.2 Å². The first-order valence-corrected chi connectivity index (χ1v) is 16.7. The summed E-state index contributed by atoms with van der Waals surface area (Å²) in [6.07, 6.45) is 4.77. The Morgan fingerprint density at radius 3 is 2.29 bits per heavy atom. The van der Waals surface area contributed by atoms with E-state index in [4.69, 9.17) is 19.3 Å². The van der Waals surface area contributed by atoms with Crippen LogP contribution in [0.25, 0.3) is 6.08 Å². The quantitative estimate of drug-likeness (QED) is 0.259. The first kappa shape index (κ1) is 32.0. The molecule has 0 radical (unpaired) electrons. The molecule has 49 heavy (non-hydrogen) atoms. The second-order valence-corrected chi connectivity index (χ2v) is 12.2. The van der Waals surface area contributed by atoms with Gasteiger partial charge < -0.3 is 14.2 Å². The van der Waals surface area contributed by atoms with Gasteiger partial charge in [-0.15, -0.1) is 0 Å². The van der Waals surface area contributed by atoms with Crippen LogP contribution >= 0.6 is 0 Å². The number of benzene rings is 3. The predicted octanol–water partition coefficient (Wildman–Crippen LogP) is 5.61. The van der Waals surface area contributed by atoms with Crippen LogP contribution in [0.4, 0.5) is 5.69 Å². The average Bonchev–Trinajstić information content (AvgIpc) is 3.79. The number of amides is 3. The van der Waals surface area contributed by atoms with E-state index in [0.717, 1.165) is 58.1 Å². The fourth-order valence-electron chi connectivity index (χ4n) is 7.11. The summed E-state index contributed by atoms with van der Waals surface area (Å²) in [4.78, 5) is 42.5. The fraction of sp³-hybridized carbons (Fsp3) is 0.351. The third kappa shape index (κ3) is 5.92. The number of carbonyl (C=O) groups is 3. The van der Waals surface area contributed by atoms with Crippen molar-refractivity contribution in [2.45, 2.75) is 51.2 Å². The zero-order valence-corrected chi connectivity index (χ0v) is 27.7. The Labute approximate surface area is 284 Å². The molecule has 4 atom stereocenters. The molecule has 3 aliphatic heterocycles. The van der Waals surface area contributed by atoms with Crippen molar-refractivity contribution in [2.75, 3.05) is 31.8 Å². The summed E-state index contributed by atoms with van der Waals surface area (Å²) in [6.45, 7) is 4.76. The molecule has 7 rings (SSSR count). The first-order valence-electron chi connectivity index (χ1n) is 16.7. The summed E-state index contributed by atoms with van der Waals surface area (Å²) in [5.74, 6) is 0.530. The number of para-hydroxylation sites is 2. The minimum atomic E-state index is -1.05. The van der Waals surface area contributed by atoms with Crippen molar-refractivity contribution in [3.05, 3.63) is 89.5 Å². The first-order chi connectivity index (χ1) is 23.9. The van der Waals surface area contributed by atoms with E-state index in [0.29, 0.717) is 24.7 Å². The molecule has 252 valence electrons. The molecule has 1 saturated carbocycles. The maximum atomic E-state index is 14.3. The van der Waals surface area contributed by atoms with Crippen molar-refractivity contribution in [1.82, 2.24) is 10.0 Å². The largest absolute Gasteiger partial charge is 0.495 e. The van der Waals surface area contributed by atoms with Gasteiger partial charge in [-0.25, -0.2) is 9.91 Å². The van der Waals surface area contributed by atoms with Crippen molar-refractivity contribution in [3.8, 4) is 17.2 Å². The molecule has 3 aromatic rings. The third-order valence-electron chi connectivity index (χ3n) is 9.30. The van der Waals surface area contributed by atoms with Gasteiger partial charge in [0.2, 0.25) is 0 Å². The summed E-state index contributed by atoms with van der Waals surface area (Å²) in [7, 11) is 1.48. The molecular formula is C37H38N6O6. The Hall–Kier alpha value is -5.52. The number of hydrogen-bond donors (Lipinski definition) is 0. The normalized spacial score (nSPS) is 23.5. The summed E-state index contributed by atoms with van der Waals surface area (Å²) in [5, 5.41) is 16.1. The van der Waals surface area contributed by atoms with Crippen LogP contribution in [0, 0.1) is 5.92 Å². The molecule has 0 unspecified atom stereocenters. The highest BCUT2D eigenvalue weighted by Crippen LogP contribution is 2.45. The number of allylic oxidation sites excluding steroid dienone is 1. The van der Waals surface area contributed by atoms with E-state index in [1.165, 1.54) is 17.1 Å². The zero-order valence-electron chi connectivity index (χ0n) is 27.7. The van der Waals surface area contributed by atoms with Crippen LogP contribution in [0.2, 0.25) is 0 Å². The zero-order chi connectivity index (χ0) is 34.1. The van der Waals surface area contributed by atoms with E-state index in [1.807, 2.05) is 62.4 Å². The SMILES string of the molecule is CCOc1ccc(/C=C2\CCC[C@@H]3C2=NN(C(=O)CN2N=N[C@@H]4C(=O)N(c5ccccc5OC)C(=O)[C@@H]42)[C@H]3c2ccc(OCC)cc2)cc1. The van der Waals surface area contributed by atoms with Crippen LogP contribution in [0.15, 0.2) is 93.8 Å². The molecule has 3 aromatic carbocycles. The second-order valence-electron chi connectivity index (χ2n) is 12.2. The van der Waals surface area contributed by atoms with Gasteiger partial charge in [0.1, 0.15) is 23.8 Å². The number of rotatable bonds is 10. The number of carbonyl (C=O) groups excluding carboxylic acids is 3. The maximum absolute atomic E-state index is 14.3. The molecule has 0 N–H and O–H groups in total. The lowest BCUT2D eigenvalue weighted by atomic mass is 9.77. The average molecular weight is 663 g/mol. The fourth-order valence-corrected chi connectivity index (χ4v) is 7.11. The van der Waals surface area contributed by atoms with Crippen molar-refractivity contribution in [3.63, 3.8) is 0 Å². The predicted molar refractivity (Wildman–Crippen MR) is 182 cm³/mol. The Morgan fingerprint density at radius 2 is 1.59 bits per heavy atom. The number of hydrogen-bond acceptors (Lipinski definition) is 10. The van der Waals surface area contributed by atoms with Gasteiger partial charge >= 0.3 is 0 Å². The summed E-state index contributed by atoms with van der Waals surface area (Å²) in [5.41, 5.74) is 4.24. The van der Waals surface area contributed by atoms with Gasteiger partial charge in [-0.1, -0.05) is 41.6 Å². The lowest BCUT2D eigenvalue weighted by molar-refractivity contribution is -0.136. The smallest absolute Gasteiger partial charge is 0.264 e. The van der Waals surface area contributed by atoms with Gasteiger partial charge in [0.25, 0.3) is 17.7 Å². The van der Waals surface area contributed by atoms with Gasteiger partial charge in [-0.05, 0) is 92.3 Å². The Morgan fingerprint density at radius 1 is 0.898 bits per heavy atom. The van der Waals surface area contributed by atoms with Crippen molar-refractivity contribution >= 4 is 35.2 Å². The Kier molecular flexibility index (Phi) is 8.85. The van der Waals surface area contributed by atoms with Crippen LogP contribution in [0.3, 0.4) is 0 Å². The minimum absolute atomic E-state index is 0.0340. The van der Waals surface area contributed by atoms with Crippen LogP contribution < -0.4 is 19.1 Å². The minimum Gasteiger partial charge on any atom is -0.495 e. The number of anilines is 1. The number of methoxy groups -OCH3 is 1. The Bertz CT molecular complexity index is 1840. The highest BCUT2D eigenvalue weighted by Gasteiger charge is 2.56. The van der Waals surface area contributed by atoms with Crippen LogP contribution in [-0.4, -0.2) is 72.4 Å². The van der Waals surface area contributed by atoms with E-state index in [1.54, 1.807) is 24.3 Å². The van der Waals surface area contributed by atoms with Crippen LogP contribution in [0.1, 0.15) is 50.3 Å². The maximum Gasteiger partial charge on any atom is 0.264 e. The van der Waals surface area contributed by atoms with E-state index in [-0.39, 0.29) is 24.4 Å². The summed E-state index contributed by atoms with van der Waals surface area (Å²) < 4.78 is 16.7. The van der Waals surface area contributed by atoms with Gasteiger partial charge in [-0.2, -0.15) is 10.2 Å². The third-order valence-corrected chi connectivity index (χ3v) is 9.30. The standard InChI is InChI=1S/C37H38N6O6/c1-4-48-26-17-13-23(14-18-26)21-25-9-8-10-28-32(25)39-43(34(28)24-15-19-27(20-16-24)49-5-2)31(44)22-41-35-33(38-40-41)36(45)42(37(35)46)29-11-6-7-12-30(29)47-3/h6-7,11-21,28,33-35H,4-5,8-10,22H2,1-3H3/b25-21+/t28-,33+,34+,35-/m1/s1. The molecule has 12 heteroatoms. The summed E-state index contributed by atoms with van der Waals surface area (Å²) in [6, 6.07) is 20.1. The number of imide groups is 1. The number of fused-ring (bicyclic) bond motifs is 2. The number of ether oxygens (including phenoxy) is 3. The molecular weight excluding hydrogens is 624 g/mol. The molecule has 1 aliphatic carbocycles. The second kappa shape index (κ2) is 13.5. The van der Waals surface area contributed by atoms with Crippen molar-refractivity contribution in [2.24, 2.45) is 21.4 Å². The molecule has 4 aliphatic rings. The van der Waals surface area contributed by atoms with E-state index < -0.39 is 23.9 Å². The van der Waals surface area contributed by atoms with Gasteiger partial charge in [0.05, 0.1) is 37.8 Å². The lowest BCUT2D eigenvalue weighted by Gasteiger charge is -2.30. The van der Waals surface area contributed by atoms with E-state index >= 15 is 0 Å². The van der Waals surface area contributed by atoms with Gasteiger partial charge in [-0.3, -0.25) is 19.4 Å². The molecule has 2 fully saturated rings. The van der Waals surface area contributed by atoms with Crippen molar-refractivity contribution in [1.29, 1.82) is 0 Å².